The molecule has 1 amide bonds. The first-order valence-electron chi connectivity index (χ1n) is 4.61. The van der Waals surface area contributed by atoms with E-state index in [9.17, 15) is 9.59 Å². The molecule has 0 aromatic rings. The van der Waals surface area contributed by atoms with E-state index in [0.717, 1.165) is 0 Å². The molecule has 88 valence electrons. The highest BCUT2D eigenvalue weighted by atomic mass is 16.5. The third-order valence-corrected chi connectivity index (χ3v) is 1.78. The van der Waals surface area contributed by atoms with Crippen molar-refractivity contribution < 1.29 is 24.2 Å². The number of methoxy groups -OCH3 is 2. The number of carbonyl (C=O) groups excluding carboxylic acids is 1. The van der Waals surface area contributed by atoms with Gasteiger partial charge in [0.1, 0.15) is 6.04 Å². The molecule has 6 nitrogen and oxygen atoms in total. The summed E-state index contributed by atoms with van der Waals surface area (Å²) in [6, 6.07) is -0.894. The molecule has 0 aliphatic heterocycles. The Morgan fingerprint density at radius 3 is 2.33 bits per heavy atom. The van der Waals surface area contributed by atoms with E-state index in [2.05, 4.69) is 5.32 Å². The minimum absolute atomic E-state index is 0.160. The van der Waals surface area contributed by atoms with Crippen molar-refractivity contribution in [3.05, 3.63) is 0 Å². The van der Waals surface area contributed by atoms with Gasteiger partial charge in [-0.2, -0.15) is 0 Å². The topological polar surface area (TPSA) is 84.9 Å². The van der Waals surface area contributed by atoms with Gasteiger partial charge in [-0.15, -0.1) is 0 Å². The number of hydrogen-bond acceptors (Lipinski definition) is 4. The van der Waals surface area contributed by atoms with Gasteiger partial charge in [-0.25, -0.2) is 4.79 Å². The van der Waals surface area contributed by atoms with Crippen LogP contribution in [0.3, 0.4) is 0 Å². The molecule has 0 bridgehead atoms. The molecule has 15 heavy (non-hydrogen) atoms. The number of nitrogens with one attached hydrogen (secondary N) is 1. The van der Waals surface area contributed by atoms with Crippen LogP contribution in [-0.2, 0) is 19.1 Å². The zero-order valence-corrected chi connectivity index (χ0v) is 8.99. The van der Waals surface area contributed by atoms with E-state index in [1.807, 2.05) is 0 Å². The predicted octanol–water partition coefficient (Wildman–Crippen LogP) is -0.371. The Bertz CT molecular complexity index is 207. The third-order valence-electron chi connectivity index (χ3n) is 1.78. The molecule has 0 aromatic carbocycles. The maximum Gasteiger partial charge on any atom is 0.326 e. The molecular formula is C9H17NO5. The van der Waals surface area contributed by atoms with Crippen molar-refractivity contribution >= 4 is 11.9 Å². The molecular weight excluding hydrogens is 202 g/mol. The van der Waals surface area contributed by atoms with E-state index in [1.165, 1.54) is 14.2 Å². The van der Waals surface area contributed by atoms with Crippen LogP contribution in [0.1, 0.15) is 12.8 Å². The molecule has 6 heteroatoms. The smallest absolute Gasteiger partial charge is 0.326 e. The Morgan fingerprint density at radius 2 is 1.87 bits per heavy atom. The highest BCUT2D eigenvalue weighted by Gasteiger charge is 2.18. The van der Waals surface area contributed by atoms with Gasteiger partial charge in [-0.3, -0.25) is 4.79 Å². The van der Waals surface area contributed by atoms with Crippen LogP contribution in [0, 0.1) is 0 Å². The van der Waals surface area contributed by atoms with Gasteiger partial charge in [0.2, 0.25) is 5.91 Å². The van der Waals surface area contributed by atoms with Gasteiger partial charge in [-0.1, -0.05) is 0 Å². The number of ether oxygens (including phenoxy) is 2. The van der Waals surface area contributed by atoms with Crippen molar-refractivity contribution in [2.75, 3.05) is 27.4 Å². The van der Waals surface area contributed by atoms with Gasteiger partial charge in [0.25, 0.3) is 0 Å². The maximum atomic E-state index is 11.2. The van der Waals surface area contributed by atoms with E-state index in [1.54, 1.807) is 0 Å². The second-order valence-corrected chi connectivity index (χ2v) is 2.98. The van der Waals surface area contributed by atoms with Crippen molar-refractivity contribution in [2.45, 2.75) is 18.9 Å². The van der Waals surface area contributed by atoms with Crippen LogP contribution in [0.15, 0.2) is 0 Å². The molecule has 0 aliphatic rings. The lowest BCUT2D eigenvalue weighted by atomic mass is 10.2. The van der Waals surface area contributed by atoms with Gasteiger partial charge in [0.05, 0.1) is 6.61 Å². The van der Waals surface area contributed by atoms with Crippen molar-refractivity contribution in [2.24, 2.45) is 0 Å². The first-order chi connectivity index (χ1) is 7.11. The van der Waals surface area contributed by atoms with E-state index >= 15 is 0 Å². The summed E-state index contributed by atoms with van der Waals surface area (Å²) in [6.07, 6.45) is 0.415. The molecule has 0 radical (unpaired) electrons. The van der Waals surface area contributed by atoms with E-state index in [0.29, 0.717) is 6.61 Å². The first-order valence-corrected chi connectivity index (χ1v) is 4.61. The summed E-state index contributed by atoms with van der Waals surface area (Å²) in [5.41, 5.74) is 0. The Kier molecular flexibility index (Phi) is 7.57. The Morgan fingerprint density at radius 1 is 1.27 bits per heavy atom. The minimum atomic E-state index is -1.06. The largest absolute Gasteiger partial charge is 0.480 e. The fourth-order valence-corrected chi connectivity index (χ4v) is 0.954. The first kappa shape index (κ1) is 13.9. The van der Waals surface area contributed by atoms with Crippen LogP contribution in [-0.4, -0.2) is 50.5 Å². The van der Waals surface area contributed by atoms with Gasteiger partial charge >= 0.3 is 5.97 Å². The summed E-state index contributed by atoms with van der Waals surface area (Å²) < 4.78 is 9.45. The van der Waals surface area contributed by atoms with Crippen LogP contribution >= 0.6 is 0 Å². The van der Waals surface area contributed by atoms with Gasteiger partial charge in [0, 0.05) is 33.7 Å². The monoisotopic (exact) mass is 219 g/mol. The average molecular weight is 219 g/mol. The second-order valence-electron chi connectivity index (χ2n) is 2.98. The lowest BCUT2D eigenvalue weighted by Gasteiger charge is -2.13. The van der Waals surface area contributed by atoms with Crippen LogP contribution in [0.5, 0.6) is 0 Å². The van der Waals surface area contributed by atoms with E-state index in [-0.39, 0.29) is 25.4 Å². The van der Waals surface area contributed by atoms with Crippen molar-refractivity contribution in [3.8, 4) is 0 Å². The molecule has 0 rings (SSSR count). The summed E-state index contributed by atoms with van der Waals surface area (Å²) in [4.78, 5) is 21.9. The molecule has 2 N–H and O–H groups in total. The lowest BCUT2D eigenvalue weighted by Crippen LogP contribution is -2.41. The molecule has 0 fully saturated rings. The highest BCUT2D eigenvalue weighted by molar-refractivity contribution is 5.83. The Labute approximate surface area is 88.6 Å². The second kappa shape index (κ2) is 8.19. The summed E-state index contributed by atoms with van der Waals surface area (Å²) in [5.74, 6) is -1.39. The number of carbonyl (C=O) groups is 2. The number of aliphatic carboxylic acids is 1. The minimum Gasteiger partial charge on any atom is -0.480 e. The summed E-state index contributed by atoms with van der Waals surface area (Å²) in [6.45, 7) is 0.573. The fraction of sp³-hybridized carbons (Fsp3) is 0.778. The fourth-order valence-electron chi connectivity index (χ4n) is 0.954. The molecule has 1 unspecified atom stereocenters. The zero-order valence-electron chi connectivity index (χ0n) is 8.99. The van der Waals surface area contributed by atoms with Crippen molar-refractivity contribution in [1.29, 1.82) is 0 Å². The molecule has 0 aromatic heterocycles. The number of carboxylic acids is 1. The van der Waals surface area contributed by atoms with E-state index < -0.39 is 12.0 Å². The standard InChI is InChI=1S/C9H17NO5/c1-14-5-3-7(9(12)13)10-8(11)4-6-15-2/h7H,3-6H2,1-2H3,(H,10,11)(H,12,13). The molecule has 1 atom stereocenters. The van der Waals surface area contributed by atoms with Gasteiger partial charge < -0.3 is 19.9 Å². The van der Waals surface area contributed by atoms with Crippen molar-refractivity contribution in [3.63, 3.8) is 0 Å². The average Bonchev–Trinajstić information content (AvgIpc) is 2.20. The zero-order chi connectivity index (χ0) is 11.7. The van der Waals surface area contributed by atoms with Crippen LogP contribution in [0.25, 0.3) is 0 Å². The summed E-state index contributed by atoms with van der Waals surface area (Å²) >= 11 is 0. The molecule has 0 saturated heterocycles. The maximum absolute atomic E-state index is 11.2. The number of rotatable bonds is 8. The quantitative estimate of drug-likeness (QED) is 0.581. The normalized spacial score (nSPS) is 12.1. The number of carboxylic acid groups (broad SMARTS) is 1. The highest BCUT2D eigenvalue weighted by Crippen LogP contribution is 1.94. The van der Waals surface area contributed by atoms with Crippen LogP contribution in [0.4, 0.5) is 0 Å². The predicted molar refractivity (Wildman–Crippen MR) is 52.6 cm³/mol. The van der Waals surface area contributed by atoms with Gasteiger partial charge in [0.15, 0.2) is 0 Å². The van der Waals surface area contributed by atoms with Gasteiger partial charge in [-0.05, 0) is 0 Å². The molecule has 0 spiro atoms. The van der Waals surface area contributed by atoms with Crippen LogP contribution < -0.4 is 5.32 Å². The molecule has 0 saturated carbocycles. The lowest BCUT2D eigenvalue weighted by molar-refractivity contribution is -0.142. The van der Waals surface area contributed by atoms with Crippen molar-refractivity contribution in [1.82, 2.24) is 5.32 Å². The Balaban J connectivity index is 3.93. The summed E-state index contributed by atoms with van der Waals surface area (Å²) in [5, 5.41) is 11.2. The third kappa shape index (κ3) is 6.87. The molecule has 0 aliphatic carbocycles. The molecule has 0 heterocycles. The van der Waals surface area contributed by atoms with Crippen LogP contribution in [0.2, 0.25) is 0 Å². The number of hydrogen-bond donors (Lipinski definition) is 2. The Hall–Kier alpha value is -1.14. The summed E-state index contributed by atoms with van der Waals surface area (Å²) in [7, 11) is 2.96. The number of amides is 1. The SMILES string of the molecule is COCCC(=O)NC(CCOC)C(=O)O. The van der Waals surface area contributed by atoms with E-state index in [4.69, 9.17) is 14.6 Å².